The van der Waals surface area contributed by atoms with Crippen LogP contribution in [0.25, 0.3) is 0 Å². The number of amidine groups is 1. The lowest BCUT2D eigenvalue weighted by molar-refractivity contribution is 0.110. The molecule has 0 spiro atoms. The Hall–Kier alpha value is -1.55. The van der Waals surface area contributed by atoms with Gasteiger partial charge in [-0.15, -0.1) is 0 Å². The molecule has 0 amide bonds. The Morgan fingerprint density at radius 2 is 2.05 bits per heavy atom. The molecule has 4 N–H and O–H groups in total. The predicted molar refractivity (Wildman–Crippen MR) is 78.8 cm³/mol. The van der Waals surface area contributed by atoms with Crippen LogP contribution in [0.2, 0.25) is 0 Å². The molecule has 0 aliphatic carbocycles. The number of para-hydroxylation sites is 1. The smallest absolute Gasteiger partial charge is 0.124 e. The van der Waals surface area contributed by atoms with Crippen LogP contribution in [0.1, 0.15) is 30.9 Å². The van der Waals surface area contributed by atoms with Crippen molar-refractivity contribution < 1.29 is 5.11 Å². The highest BCUT2D eigenvalue weighted by Crippen LogP contribution is 2.30. The minimum atomic E-state index is -0.230. The highest BCUT2D eigenvalue weighted by atomic mass is 16.3. The molecule has 1 aliphatic rings. The molecule has 19 heavy (non-hydrogen) atoms. The summed E-state index contributed by atoms with van der Waals surface area (Å²) >= 11 is 0. The number of anilines is 1. The predicted octanol–water partition coefficient (Wildman–Crippen LogP) is 1.88. The van der Waals surface area contributed by atoms with E-state index in [0.29, 0.717) is 5.92 Å². The quantitative estimate of drug-likeness (QED) is 0.574. The van der Waals surface area contributed by atoms with Gasteiger partial charge < -0.3 is 15.7 Å². The highest BCUT2D eigenvalue weighted by Gasteiger charge is 2.25. The SMILES string of the molecule is Cc1cccc(C(=N)N)c1N1CCC(C(C)O)CC1. The van der Waals surface area contributed by atoms with Crippen LogP contribution in [0.15, 0.2) is 18.2 Å². The third-order valence-electron chi connectivity index (χ3n) is 4.07. The maximum absolute atomic E-state index is 9.66. The molecule has 1 unspecified atom stereocenters. The minimum absolute atomic E-state index is 0.122. The van der Waals surface area contributed by atoms with Crippen LogP contribution in [0.5, 0.6) is 0 Å². The highest BCUT2D eigenvalue weighted by molar-refractivity contribution is 6.01. The Morgan fingerprint density at radius 1 is 1.42 bits per heavy atom. The molecule has 0 bridgehead atoms. The first-order chi connectivity index (χ1) is 9.00. The topological polar surface area (TPSA) is 73.3 Å². The van der Waals surface area contributed by atoms with E-state index in [0.717, 1.165) is 42.7 Å². The van der Waals surface area contributed by atoms with Gasteiger partial charge in [0, 0.05) is 18.7 Å². The Kier molecular flexibility index (Phi) is 4.10. The Morgan fingerprint density at radius 3 is 2.58 bits per heavy atom. The Bertz CT molecular complexity index is 462. The van der Waals surface area contributed by atoms with Crippen molar-refractivity contribution in [1.82, 2.24) is 0 Å². The molecule has 0 saturated carbocycles. The number of benzene rings is 1. The van der Waals surface area contributed by atoms with Gasteiger partial charge in [-0.25, -0.2) is 0 Å². The summed E-state index contributed by atoms with van der Waals surface area (Å²) in [7, 11) is 0. The zero-order valence-electron chi connectivity index (χ0n) is 11.7. The summed E-state index contributed by atoms with van der Waals surface area (Å²) in [5.74, 6) is 0.511. The van der Waals surface area contributed by atoms with E-state index in [2.05, 4.69) is 17.9 Å². The van der Waals surface area contributed by atoms with Crippen LogP contribution in [0, 0.1) is 18.3 Å². The number of nitrogens with two attached hydrogens (primary N) is 1. The average molecular weight is 261 g/mol. The summed E-state index contributed by atoms with van der Waals surface area (Å²) in [5, 5.41) is 17.4. The third-order valence-corrected chi connectivity index (χ3v) is 4.07. The number of nitrogen functional groups attached to an aromatic ring is 1. The van der Waals surface area contributed by atoms with Crippen LogP contribution in [0.4, 0.5) is 5.69 Å². The number of piperidine rings is 1. The fourth-order valence-electron chi connectivity index (χ4n) is 2.90. The second-order valence-electron chi connectivity index (χ2n) is 5.45. The largest absolute Gasteiger partial charge is 0.393 e. The maximum atomic E-state index is 9.66. The summed E-state index contributed by atoms with van der Waals surface area (Å²) < 4.78 is 0. The number of nitrogens with zero attached hydrogens (tertiary/aromatic N) is 1. The van der Waals surface area contributed by atoms with Gasteiger partial charge in [0.2, 0.25) is 0 Å². The Labute approximate surface area is 114 Å². The van der Waals surface area contributed by atoms with E-state index in [9.17, 15) is 5.11 Å². The van der Waals surface area contributed by atoms with E-state index in [4.69, 9.17) is 11.1 Å². The average Bonchev–Trinajstić information content (AvgIpc) is 2.38. The monoisotopic (exact) mass is 261 g/mol. The van der Waals surface area contributed by atoms with Crippen molar-refractivity contribution in [3.8, 4) is 0 Å². The summed E-state index contributed by atoms with van der Waals surface area (Å²) in [5.41, 5.74) is 8.74. The van der Waals surface area contributed by atoms with Gasteiger partial charge in [-0.1, -0.05) is 12.1 Å². The van der Waals surface area contributed by atoms with E-state index in [1.54, 1.807) is 0 Å². The normalized spacial score (nSPS) is 18.4. The molecule has 0 aromatic heterocycles. The summed E-state index contributed by atoms with van der Waals surface area (Å²) in [6.07, 6.45) is 1.75. The van der Waals surface area contributed by atoms with Gasteiger partial charge in [0.25, 0.3) is 0 Å². The number of rotatable bonds is 3. The van der Waals surface area contributed by atoms with Crippen molar-refractivity contribution in [2.75, 3.05) is 18.0 Å². The molecule has 1 heterocycles. The lowest BCUT2D eigenvalue weighted by Gasteiger charge is -2.36. The molecule has 104 valence electrons. The van der Waals surface area contributed by atoms with Crippen LogP contribution in [0.3, 0.4) is 0 Å². The van der Waals surface area contributed by atoms with Crippen molar-refractivity contribution >= 4 is 11.5 Å². The second-order valence-corrected chi connectivity index (χ2v) is 5.45. The van der Waals surface area contributed by atoms with Gasteiger partial charge in [-0.3, -0.25) is 5.41 Å². The zero-order chi connectivity index (χ0) is 14.0. The standard InChI is InChI=1S/C15H23N3O/c1-10-4-3-5-13(15(16)17)14(10)18-8-6-12(7-9-18)11(2)19/h3-5,11-12,19H,6-9H2,1-2H3,(H3,16,17). The fourth-order valence-corrected chi connectivity index (χ4v) is 2.90. The first-order valence-corrected chi connectivity index (χ1v) is 6.87. The number of aliphatic hydroxyl groups is 1. The maximum Gasteiger partial charge on any atom is 0.124 e. The van der Waals surface area contributed by atoms with Gasteiger partial charge >= 0.3 is 0 Å². The first-order valence-electron chi connectivity index (χ1n) is 6.87. The van der Waals surface area contributed by atoms with Gasteiger partial charge in [-0.2, -0.15) is 0 Å². The molecule has 1 saturated heterocycles. The molecular weight excluding hydrogens is 238 g/mol. The molecule has 1 aromatic carbocycles. The number of aliphatic hydroxyl groups excluding tert-OH is 1. The van der Waals surface area contributed by atoms with Gasteiger partial charge in [0.15, 0.2) is 0 Å². The number of hydrogen-bond donors (Lipinski definition) is 3. The molecule has 4 heteroatoms. The molecule has 1 fully saturated rings. The number of aryl methyl sites for hydroxylation is 1. The van der Waals surface area contributed by atoms with E-state index in [-0.39, 0.29) is 11.9 Å². The second kappa shape index (κ2) is 5.61. The molecule has 2 rings (SSSR count). The molecule has 1 atom stereocenters. The van der Waals surface area contributed by atoms with Crippen molar-refractivity contribution in [3.05, 3.63) is 29.3 Å². The van der Waals surface area contributed by atoms with Crippen molar-refractivity contribution in [2.24, 2.45) is 11.7 Å². The van der Waals surface area contributed by atoms with E-state index < -0.39 is 0 Å². The summed E-state index contributed by atoms with van der Waals surface area (Å²) in [6, 6.07) is 5.91. The molecule has 1 aliphatic heterocycles. The van der Waals surface area contributed by atoms with Crippen molar-refractivity contribution in [1.29, 1.82) is 5.41 Å². The van der Waals surface area contributed by atoms with Crippen molar-refractivity contribution in [2.45, 2.75) is 32.8 Å². The van der Waals surface area contributed by atoms with E-state index >= 15 is 0 Å². The van der Waals surface area contributed by atoms with Gasteiger partial charge in [-0.05, 0) is 44.2 Å². The number of nitrogens with one attached hydrogen (secondary N) is 1. The van der Waals surface area contributed by atoms with Crippen LogP contribution < -0.4 is 10.6 Å². The van der Waals surface area contributed by atoms with E-state index in [1.807, 2.05) is 19.1 Å². The van der Waals surface area contributed by atoms with Crippen LogP contribution in [-0.4, -0.2) is 30.1 Å². The third kappa shape index (κ3) is 2.89. The van der Waals surface area contributed by atoms with Gasteiger partial charge in [0.05, 0.1) is 11.8 Å². The Balaban J connectivity index is 2.22. The minimum Gasteiger partial charge on any atom is -0.393 e. The molecule has 1 aromatic rings. The molecule has 4 nitrogen and oxygen atoms in total. The first kappa shape index (κ1) is 13.9. The summed E-state index contributed by atoms with van der Waals surface area (Å²) in [6.45, 7) is 5.76. The molecular formula is C15H23N3O. The lowest BCUT2D eigenvalue weighted by Crippen LogP contribution is -2.38. The van der Waals surface area contributed by atoms with Crippen LogP contribution in [-0.2, 0) is 0 Å². The molecule has 0 radical (unpaired) electrons. The van der Waals surface area contributed by atoms with Crippen molar-refractivity contribution in [3.63, 3.8) is 0 Å². The fraction of sp³-hybridized carbons (Fsp3) is 0.533. The van der Waals surface area contributed by atoms with Gasteiger partial charge in [0.1, 0.15) is 5.84 Å². The van der Waals surface area contributed by atoms with E-state index in [1.165, 1.54) is 0 Å². The lowest BCUT2D eigenvalue weighted by atomic mass is 9.91. The zero-order valence-corrected chi connectivity index (χ0v) is 11.7. The summed E-state index contributed by atoms with van der Waals surface area (Å²) in [4.78, 5) is 2.30. The van der Waals surface area contributed by atoms with Crippen LogP contribution >= 0.6 is 0 Å². The number of hydrogen-bond acceptors (Lipinski definition) is 3.